The molecule has 7 heteroatoms. The third kappa shape index (κ3) is 3.27. The van der Waals surface area contributed by atoms with Crippen molar-refractivity contribution in [3.05, 3.63) is 53.9 Å². The standard InChI is InChI=1S/C22H24N6O/c1-13-10-23-17-5-3-4-14(21(13)17)11-25-19-12-24-18-6-7-20(27-22(18)26-19)28(2)15-8-16(29)9-15/h3-7,10,12,15-16,23,29H,8-9,11H2,1-2H3,(H,25,26,27)/t15-,16-. The average molecular weight is 388 g/mol. The summed E-state index contributed by atoms with van der Waals surface area (Å²) in [4.78, 5) is 19.3. The Labute approximate surface area is 168 Å². The van der Waals surface area contributed by atoms with Crippen LogP contribution < -0.4 is 10.2 Å². The summed E-state index contributed by atoms with van der Waals surface area (Å²) < 4.78 is 0. The Hall–Kier alpha value is -3.19. The lowest BCUT2D eigenvalue weighted by molar-refractivity contribution is 0.0748. The molecule has 3 N–H and O–H groups in total. The van der Waals surface area contributed by atoms with E-state index in [4.69, 9.17) is 4.98 Å². The van der Waals surface area contributed by atoms with Crippen LogP contribution in [-0.2, 0) is 6.54 Å². The zero-order valence-corrected chi connectivity index (χ0v) is 16.6. The molecule has 7 nitrogen and oxygen atoms in total. The molecule has 1 aliphatic carbocycles. The summed E-state index contributed by atoms with van der Waals surface area (Å²) in [6.07, 6.45) is 5.17. The number of hydrogen-bond donors (Lipinski definition) is 3. The molecule has 1 aromatic carbocycles. The molecule has 0 saturated heterocycles. The minimum atomic E-state index is -0.188. The summed E-state index contributed by atoms with van der Waals surface area (Å²) in [6.45, 7) is 2.77. The summed E-state index contributed by atoms with van der Waals surface area (Å²) in [5, 5.41) is 14.2. The second-order valence-electron chi connectivity index (χ2n) is 7.82. The first-order valence-electron chi connectivity index (χ1n) is 9.92. The molecule has 3 heterocycles. The number of aliphatic hydroxyl groups excluding tert-OH is 1. The average Bonchev–Trinajstić information content (AvgIpc) is 3.10. The van der Waals surface area contributed by atoms with Crippen molar-refractivity contribution in [1.82, 2.24) is 19.9 Å². The zero-order valence-electron chi connectivity index (χ0n) is 16.6. The highest BCUT2D eigenvalue weighted by Gasteiger charge is 2.31. The van der Waals surface area contributed by atoms with Crippen molar-refractivity contribution in [2.45, 2.75) is 38.5 Å². The predicted molar refractivity (Wildman–Crippen MR) is 115 cm³/mol. The van der Waals surface area contributed by atoms with Crippen molar-refractivity contribution in [2.75, 3.05) is 17.3 Å². The molecule has 5 rings (SSSR count). The molecule has 1 saturated carbocycles. The van der Waals surface area contributed by atoms with Crippen molar-refractivity contribution < 1.29 is 5.11 Å². The van der Waals surface area contributed by atoms with Crippen molar-refractivity contribution in [1.29, 1.82) is 0 Å². The first-order chi connectivity index (χ1) is 14.1. The van der Waals surface area contributed by atoms with E-state index in [-0.39, 0.29) is 6.10 Å². The minimum absolute atomic E-state index is 0.188. The molecule has 0 atom stereocenters. The Bertz CT molecular complexity index is 1180. The van der Waals surface area contributed by atoms with Crippen LogP contribution in [0.4, 0.5) is 11.6 Å². The zero-order chi connectivity index (χ0) is 20.0. The number of aromatic amines is 1. The molecule has 29 heavy (non-hydrogen) atoms. The first kappa shape index (κ1) is 17.9. The Morgan fingerprint density at radius 2 is 2.07 bits per heavy atom. The van der Waals surface area contributed by atoms with Gasteiger partial charge in [-0.15, -0.1) is 0 Å². The molecule has 4 aromatic rings. The van der Waals surface area contributed by atoms with Crippen molar-refractivity contribution in [3.63, 3.8) is 0 Å². The summed E-state index contributed by atoms with van der Waals surface area (Å²) in [7, 11) is 2.01. The van der Waals surface area contributed by atoms with Crippen LogP contribution in [-0.4, -0.2) is 44.2 Å². The number of pyridine rings is 1. The van der Waals surface area contributed by atoms with Crippen LogP contribution in [0, 0.1) is 6.92 Å². The molecule has 3 aromatic heterocycles. The van der Waals surface area contributed by atoms with E-state index in [2.05, 4.69) is 50.3 Å². The number of aryl methyl sites for hydroxylation is 1. The molecule has 1 fully saturated rings. The summed E-state index contributed by atoms with van der Waals surface area (Å²) in [5.74, 6) is 1.56. The number of hydrogen-bond acceptors (Lipinski definition) is 6. The Morgan fingerprint density at radius 1 is 1.21 bits per heavy atom. The smallest absolute Gasteiger partial charge is 0.182 e. The molecule has 148 valence electrons. The Morgan fingerprint density at radius 3 is 2.90 bits per heavy atom. The fourth-order valence-electron chi connectivity index (χ4n) is 4.01. The van der Waals surface area contributed by atoms with Gasteiger partial charge in [-0.05, 0) is 49.1 Å². The quantitative estimate of drug-likeness (QED) is 0.486. The number of fused-ring (bicyclic) bond motifs is 2. The maximum absolute atomic E-state index is 9.56. The minimum Gasteiger partial charge on any atom is -0.393 e. The molecular weight excluding hydrogens is 364 g/mol. The summed E-state index contributed by atoms with van der Waals surface area (Å²) >= 11 is 0. The van der Waals surface area contributed by atoms with Crippen LogP contribution in [0.1, 0.15) is 24.0 Å². The number of nitrogens with one attached hydrogen (secondary N) is 2. The van der Waals surface area contributed by atoms with Crippen LogP contribution in [0.3, 0.4) is 0 Å². The number of aliphatic hydroxyl groups is 1. The number of nitrogens with zero attached hydrogens (tertiary/aromatic N) is 4. The summed E-state index contributed by atoms with van der Waals surface area (Å²) in [6, 6.07) is 10.5. The maximum Gasteiger partial charge on any atom is 0.182 e. The fourth-order valence-corrected chi connectivity index (χ4v) is 4.01. The summed E-state index contributed by atoms with van der Waals surface area (Å²) in [5.41, 5.74) is 4.98. The van der Waals surface area contributed by atoms with E-state index < -0.39 is 0 Å². The van der Waals surface area contributed by atoms with Gasteiger partial charge < -0.3 is 20.3 Å². The number of anilines is 2. The van der Waals surface area contributed by atoms with Crippen LogP contribution in [0.5, 0.6) is 0 Å². The van der Waals surface area contributed by atoms with E-state index >= 15 is 0 Å². The van der Waals surface area contributed by atoms with E-state index in [1.54, 1.807) is 6.20 Å². The van der Waals surface area contributed by atoms with Gasteiger partial charge in [-0.25, -0.2) is 15.0 Å². The van der Waals surface area contributed by atoms with E-state index in [1.807, 2.05) is 25.4 Å². The number of rotatable bonds is 5. The lowest BCUT2D eigenvalue weighted by Gasteiger charge is -2.39. The number of benzene rings is 1. The number of aromatic nitrogens is 4. The fraction of sp³-hybridized carbons (Fsp3) is 0.318. The van der Waals surface area contributed by atoms with Crippen molar-refractivity contribution in [3.8, 4) is 0 Å². The topological polar surface area (TPSA) is 90.0 Å². The molecule has 0 unspecified atom stereocenters. The highest BCUT2D eigenvalue weighted by molar-refractivity contribution is 5.86. The van der Waals surface area contributed by atoms with E-state index in [0.717, 1.165) is 29.7 Å². The normalized spacial score (nSPS) is 18.7. The lowest BCUT2D eigenvalue weighted by Crippen LogP contribution is -2.45. The van der Waals surface area contributed by atoms with Gasteiger partial charge in [0.25, 0.3) is 0 Å². The molecule has 0 spiro atoms. The van der Waals surface area contributed by atoms with E-state index in [1.165, 1.54) is 16.5 Å². The molecule has 0 aliphatic heterocycles. The van der Waals surface area contributed by atoms with Crippen LogP contribution in [0.2, 0.25) is 0 Å². The molecule has 0 bridgehead atoms. The second kappa shape index (κ2) is 7.00. The van der Waals surface area contributed by atoms with Crippen LogP contribution in [0.15, 0.2) is 42.7 Å². The SMILES string of the molecule is Cc1c[nH]c2cccc(CNc3cnc4ccc(N(C)[C@H]5C[C@H](O)C5)nc4n3)c12. The van der Waals surface area contributed by atoms with Gasteiger partial charge in [-0.3, -0.25) is 0 Å². The molecule has 0 amide bonds. The highest BCUT2D eigenvalue weighted by atomic mass is 16.3. The molecule has 1 aliphatic rings. The van der Waals surface area contributed by atoms with Gasteiger partial charge in [0.2, 0.25) is 0 Å². The third-order valence-corrected chi connectivity index (χ3v) is 5.84. The monoisotopic (exact) mass is 388 g/mol. The second-order valence-corrected chi connectivity index (χ2v) is 7.82. The first-order valence-corrected chi connectivity index (χ1v) is 9.92. The lowest BCUT2D eigenvalue weighted by atomic mass is 9.88. The maximum atomic E-state index is 9.56. The van der Waals surface area contributed by atoms with Gasteiger partial charge in [0, 0.05) is 36.7 Å². The van der Waals surface area contributed by atoms with Gasteiger partial charge in [0.15, 0.2) is 5.65 Å². The Balaban J connectivity index is 1.38. The Kier molecular flexibility index (Phi) is 4.32. The van der Waals surface area contributed by atoms with Gasteiger partial charge in [-0.1, -0.05) is 12.1 Å². The van der Waals surface area contributed by atoms with Gasteiger partial charge in [-0.2, -0.15) is 0 Å². The van der Waals surface area contributed by atoms with Gasteiger partial charge in [0.05, 0.1) is 12.3 Å². The molecular formula is C22H24N6O. The molecule has 0 radical (unpaired) electrons. The van der Waals surface area contributed by atoms with E-state index in [0.29, 0.717) is 24.1 Å². The highest BCUT2D eigenvalue weighted by Crippen LogP contribution is 2.28. The van der Waals surface area contributed by atoms with Crippen LogP contribution >= 0.6 is 0 Å². The van der Waals surface area contributed by atoms with E-state index in [9.17, 15) is 5.11 Å². The van der Waals surface area contributed by atoms with Crippen molar-refractivity contribution >= 4 is 33.7 Å². The van der Waals surface area contributed by atoms with Gasteiger partial charge in [0.1, 0.15) is 17.2 Å². The van der Waals surface area contributed by atoms with Gasteiger partial charge >= 0.3 is 0 Å². The predicted octanol–water partition coefficient (Wildman–Crippen LogP) is 3.39. The number of H-pyrrole nitrogens is 1. The largest absolute Gasteiger partial charge is 0.393 e. The van der Waals surface area contributed by atoms with Crippen molar-refractivity contribution in [2.24, 2.45) is 0 Å². The van der Waals surface area contributed by atoms with Crippen LogP contribution in [0.25, 0.3) is 22.1 Å². The third-order valence-electron chi connectivity index (χ3n) is 5.84.